The highest BCUT2D eigenvalue weighted by Gasteiger charge is 2.35. The predicted molar refractivity (Wildman–Crippen MR) is 69.0 cm³/mol. The van der Waals surface area contributed by atoms with E-state index in [0.29, 0.717) is 5.56 Å². The van der Waals surface area contributed by atoms with Gasteiger partial charge in [0.05, 0.1) is 5.56 Å². The average Bonchev–Trinajstić information content (AvgIpc) is 2.27. The lowest BCUT2D eigenvalue weighted by Crippen LogP contribution is -2.19. The van der Waals surface area contributed by atoms with E-state index in [1.165, 1.54) is 13.1 Å². The Bertz CT molecular complexity index is 433. The third-order valence-corrected chi connectivity index (χ3v) is 3.55. The van der Waals surface area contributed by atoms with Gasteiger partial charge in [-0.2, -0.15) is 13.2 Å². The van der Waals surface area contributed by atoms with Gasteiger partial charge in [0, 0.05) is 12.7 Å². The van der Waals surface area contributed by atoms with E-state index < -0.39 is 11.7 Å². The zero-order valence-electron chi connectivity index (χ0n) is 11.5. The first kappa shape index (κ1) is 14.9. The normalized spacial score (nSPS) is 12.7. The predicted octanol–water partition coefficient (Wildman–Crippen LogP) is 4.74. The van der Waals surface area contributed by atoms with E-state index in [9.17, 15) is 13.2 Å². The summed E-state index contributed by atoms with van der Waals surface area (Å²) in [5.41, 5.74) is 1.07. The second-order valence-corrected chi connectivity index (χ2v) is 5.20. The molecule has 0 heterocycles. The van der Waals surface area contributed by atoms with Gasteiger partial charge in [-0.1, -0.05) is 20.8 Å². The van der Waals surface area contributed by atoms with E-state index in [-0.39, 0.29) is 11.1 Å². The SMILES string of the molecule is CCC(C)(C)c1cc(NC)c(C(F)(F)F)cc1C. The Morgan fingerprint density at radius 1 is 1.11 bits per heavy atom. The van der Waals surface area contributed by atoms with Crippen LogP contribution in [0.1, 0.15) is 43.9 Å². The van der Waals surface area contributed by atoms with Crippen LogP contribution in [0, 0.1) is 6.92 Å². The van der Waals surface area contributed by atoms with E-state index in [0.717, 1.165) is 12.0 Å². The van der Waals surface area contributed by atoms with Crippen LogP contribution in [0.4, 0.5) is 18.9 Å². The Kier molecular flexibility index (Phi) is 3.99. The minimum Gasteiger partial charge on any atom is -0.388 e. The largest absolute Gasteiger partial charge is 0.418 e. The molecule has 0 unspecified atom stereocenters. The first-order chi connectivity index (χ1) is 8.13. The number of rotatable bonds is 3. The summed E-state index contributed by atoms with van der Waals surface area (Å²) in [4.78, 5) is 0. The molecule has 0 saturated carbocycles. The third-order valence-electron chi connectivity index (χ3n) is 3.55. The zero-order valence-corrected chi connectivity index (χ0v) is 11.5. The van der Waals surface area contributed by atoms with Crippen molar-refractivity contribution in [2.75, 3.05) is 12.4 Å². The molecule has 0 fully saturated rings. The number of anilines is 1. The van der Waals surface area contributed by atoms with E-state index in [1.807, 2.05) is 20.8 Å². The van der Waals surface area contributed by atoms with Crippen molar-refractivity contribution in [2.24, 2.45) is 0 Å². The van der Waals surface area contributed by atoms with Crippen LogP contribution in [-0.4, -0.2) is 7.05 Å². The number of alkyl halides is 3. The molecule has 1 aromatic carbocycles. The summed E-state index contributed by atoms with van der Waals surface area (Å²) in [7, 11) is 1.52. The van der Waals surface area contributed by atoms with Gasteiger partial charge in [0.1, 0.15) is 0 Å². The molecule has 0 atom stereocenters. The molecular weight excluding hydrogens is 239 g/mol. The lowest BCUT2D eigenvalue weighted by molar-refractivity contribution is -0.137. The van der Waals surface area contributed by atoms with Crippen molar-refractivity contribution in [1.82, 2.24) is 0 Å². The summed E-state index contributed by atoms with van der Waals surface area (Å²) in [5.74, 6) is 0. The maximum absolute atomic E-state index is 12.9. The molecular formula is C14H20F3N. The van der Waals surface area contributed by atoms with Crippen LogP contribution >= 0.6 is 0 Å². The van der Waals surface area contributed by atoms with Gasteiger partial charge in [0.2, 0.25) is 0 Å². The summed E-state index contributed by atoms with van der Waals surface area (Å²) < 4.78 is 38.7. The van der Waals surface area contributed by atoms with Crippen molar-refractivity contribution in [1.29, 1.82) is 0 Å². The Morgan fingerprint density at radius 2 is 1.67 bits per heavy atom. The maximum Gasteiger partial charge on any atom is 0.418 e. The van der Waals surface area contributed by atoms with Crippen molar-refractivity contribution in [3.05, 3.63) is 28.8 Å². The molecule has 4 heteroatoms. The minimum absolute atomic E-state index is 0.125. The van der Waals surface area contributed by atoms with Gasteiger partial charge in [0.15, 0.2) is 0 Å². The number of benzene rings is 1. The molecule has 0 aliphatic rings. The second kappa shape index (κ2) is 4.82. The number of hydrogen-bond donors (Lipinski definition) is 1. The minimum atomic E-state index is -4.32. The van der Waals surface area contributed by atoms with Crippen molar-refractivity contribution < 1.29 is 13.2 Å². The number of aryl methyl sites for hydroxylation is 1. The highest BCUT2D eigenvalue weighted by Crippen LogP contribution is 2.39. The molecule has 102 valence electrons. The van der Waals surface area contributed by atoms with Gasteiger partial charge in [-0.05, 0) is 42.0 Å². The monoisotopic (exact) mass is 259 g/mol. The highest BCUT2D eigenvalue weighted by molar-refractivity contribution is 5.57. The smallest absolute Gasteiger partial charge is 0.388 e. The van der Waals surface area contributed by atoms with E-state index >= 15 is 0 Å². The van der Waals surface area contributed by atoms with Crippen LogP contribution in [0.5, 0.6) is 0 Å². The molecule has 1 N–H and O–H groups in total. The molecule has 0 amide bonds. The molecule has 1 rings (SSSR count). The standard InChI is InChI=1S/C14H20F3N/c1-6-13(3,4)10-8-12(18-5)11(7-9(10)2)14(15,16)17/h7-8,18H,6H2,1-5H3. The van der Waals surface area contributed by atoms with Crippen LogP contribution in [0.15, 0.2) is 12.1 Å². The van der Waals surface area contributed by atoms with Gasteiger partial charge < -0.3 is 5.32 Å². The van der Waals surface area contributed by atoms with Gasteiger partial charge in [-0.15, -0.1) is 0 Å². The van der Waals surface area contributed by atoms with Crippen LogP contribution in [-0.2, 0) is 11.6 Å². The summed E-state index contributed by atoms with van der Waals surface area (Å²) in [6, 6.07) is 2.86. The van der Waals surface area contributed by atoms with Crippen molar-refractivity contribution in [3.63, 3.8) is 0 Å². The van der Waals surface area contributed by atoms with Crippen LogP contribution in [0.25, 0.3) is 0 Å². The highest BCUT2D eigenvalue weighted by atomic mass is 19.4. The lowest BCUT2D eigenvalue weighted by atomic mass is 9.79. The first-order valence-corrected chi connectivity index (χ1v) is 6.03. The van der Waals surface area contributed by atoms with Crippen LogP contribution < -0.4 is 5.32 Å². The summed E-state index contributed by atoms with van der Waals surface area (Å²) in [6.07, 6.45) is -3.44. The Labute approximate surface area is 106 Å². The fraction of sp³-hybridized carbons (Fsp3) is 0.571. The average molecular weight is 259 g/mol. The molecule has 1 nitrogen and oxygen atoms in total. The van der Waals surface area contributed by atoms with Crippen molar-refractivity contribution in [2.45, 2.75) is 45.7 Å². The van der Waals surface area contributed by atoms with E-state index in [2.05, 4.69) is 5.32 Å². The molecule has 0 aliphatic heterocycles. The molecule has 1 aromatic rings. The third kappa shape index (κ3) is 2.79. The van der Waals surface area contributed by atoms with Gasteiger partial charge in [-0.25, -0.2) is 0 Å². The van der Waals surface area contributed by atoms with Gasteiger partial charge in [-0.3, -0.25) is 0 Å². The first-order valence-electron chi connectivity index (χ1n) is 6.03. The lowest BCUT2D eigenvalue weighted by Gasteiger charge is -2.27. The fourth-order valence-electron chi connectivity index (χ4n) is 2.07. The molecule has 0 saturated heterocycles. The van der Waals surface area contributed by atoms with E-state index in [4.69, 9.17) is 0 Å². The Hall–Kier alpha value is -1.19. The van der Waals surface area contributed by atoms with Crippen LogP contribution in [0.3, 0.4) is 0 Å². The second-order valence-electron chi connectivity index (χ2n) is 5.20. The molecule has 0 radical (unpaired) electrons. The zero-order chi connectivity index (χ0) is 14.1. The molecule has 0 aromatic heterocycles. The summed E-state index contributed by atoms with van der Waals surface area (Å²) >= 11 is 0. The molecule has 18 heavy (non-hydrogen) atoms. The molecule has 0 spiro atoms. The van der Waals surface area contributed by atoms with Gasteiger partial charge in [0.25, 0.3) is 0 Å². The quantitative estimate of drug-likeness (QED) is 0.826. The molecule has 0 bridgehead atoms. The fourth-order valence-corrected chi connectivity index (χ4v) is 2.07. The topological polar surface area (TPSA) is 12.0 Å². The van der Waals surface area contributed by atoms with Gasteiger partial charge >= 0.3 is 6.18 Å². The van der Waals surface area contributed by atoms with Crippen molar-refractivity contribution in [3.8, 4) is 0 Å². The Balaban J connectivity index is 3.45. The van der Waals surface area contributed by atoms with Crippen molar-refractivity contribution >= 4 is 5.69 Å². The molecule has 0 aliphatic carbocycles. The number of nitrogens with one attached hydrogen (secondary N) is 1. The summed E-state index contributed by atoms with van der Waals surface area (Å²) in [6.45, 7) is 7.86. The Morgan fingerprint density at radius 3 is 2.06 bits per heavy atom. The maximum atomic E-state index is 12.9. The number of hydrogen-bond acceptors (Lipinski definition) is 1. The van der Waals surface area contributed by atoms with E-state index in [1.54, 1.807) is 13.0 Å². The van der Waals surface area contributed by atoms with Crippen LogP contribution in [0.2, 0.25) is 0 Å². The number of halogens is 3. The summed E-state index contributed by atoms with van der Waals surface area (Å²) in [5, 5.41) is 2.65.